The summed E-state index contributed by atoms with van der Waals surface area (Å²) in [5, 5.41) is 7.62. The second kappa shape index (κ2) is 11.4. The lowest BCUT2D eigenvalue weighted by molar-refractivity contribution is 0.669. The van der Waals surface area contributed by atoms with Crippen molar-refractivity contribution in [1.29, 1.82) is 0 Å². The van der Waals surface area contributed by atoms with E-state index in [4.69, 9.17) is 26.2 Å². The van der Waals surface area contributed by atoms with Crippen LogP contribution in [0.3, 0.4) is 0 Å². The van der Waals surface area contributed by atoms with E-state index in [-0.39, 0.29) is 29.1 Å². The highest BCUT2D eigenvalue weighted by molar-refractivity contribution is 7.26. The van der Waals surface area contributed by atoms with Gasteiger partial charge in [0.15, 0.2) is 17.5 Å². The third kappa shape index (κ3) is 4.50. The van der Waals surface area contributed by atoms with Crippen molar-refractivity contribution < 1.29 is 12.6 Å². The summed E-state index contributed by atoms with van der Waals surface area (Å²) in [5.74, 6) is 0.241. The van der Waals surface area contributed by atoms with E-state index in [1.807, 2.05) is 60.7 Å². The van der Waals surface area contributed by atoms with Gasteiger partial charge in [-0.2, -0.15) is 0 Å². The summed E-state index contributed by atoms with van der Waals surface area (Å²) in [7, 11) is 0. The lowest BCUT2D eigenvalue weighted by atomic mass is 9.96. The van der Waals surface area contributed by atoms with Gasteiger partial charge in [0.25, 0.3) is 0 Å². The molecule has 0 unspecified atom stereocenters. The van der Waals surface area contributed by atoms with Crippen molar-refractivity contribution in [1.82, 2.24) is 15.0 Å². The van der Waals surface area contributed by atoms with Gasteiger partial charge in [0.05, 0.1) is 8.22 Å². The first kappa shape index (κ1) is 23.7. The van der Waals surface area contributed by atoms with Crippen LogP contribution in [0.1, 0.15) is 8.22 Å². The second-order valence-electron chi connectivity index (χ2n) is 12.7. The molecule has 242 valence electrons. The van der Waals surface area contributed by atoms with E-state index in [0.29, 0.717) is 27.7 Å². The first-order valence-corrected chi connectivity index (χ1v) is 17.7. The van der Waals surface area contributed by atoms with E-state index in [9.17, 15) is 1.37 Å². The van der Waals surface area contributed by atoms with Gasteiger partial charge in [-0.05, 0) is 63.0 Å². The van der Waals surface area contributed by atoms with Gasteiger partial charge in [-0.1, -0.05) is 133 Å². The lowest BCUT2D eigenvalue weighted by Crippen LogP contribution is -2.01. The smallest absolute Gasteiger partial charge is 0.164 e. The number of fused-ring (bicyclic) bond motifs is 9. The first-order valence-electron chi connectivity index (χ1n) is 19.9. The summed E-state index contributed by atoms with van der Waals surface area (Å²) in [6, 6.07) is 39.9. The van der Waals surface area contributed by atoms with E-state index in [1.54, 1.807) is 23.5 Å². The zero-order valence-corrected chi connectivity index (χ0v) is 28.1. The largest absolute Gasteiger partial charge is 0.456 e. The molecule has 0 N–H and O–H groups in total. The van der Waals surface area contributed by atoms with Gasteiger partial charge in [-0.3, -0.25) is 0 Å². The molecule has 4 nitrogen and oxygen atoms in total. The van der Waals surface area contributed by atoms with Gasteiger partial charge in [0.1, 0.15) is 11.2 Å². The number of aromatic nitrogens is 3. The average molecular weight is 688 g/mol. The molecule has 0 aliphatic heterocycles. The van der Waals surface area contributed by atoms with E-state index in [1.165, 1.54) is 20.2 Å². The summed E-state index contributed by atoms with van der Waals surface area (Å²) in [4.78, 5) is 14.8. The third-order valence-corrected chi connectivity index (χ3v) is 11.0. The topological polar surface area (TPSA) is 51.8 Å². The fraction of sp³-hybridized carbons (Fsp3) is 0. The van der Waals surface area contributed by atoms with Gasteiger partial charge < -0.3 is 4.42 Å². The minimum absolute atomic E-state index is 0.101. The van der Waals surface area contributed by atoms with Crippen molar-refractivity contribution in [2.24, 2.45) is 0 Å². The van der Waals surface area contributed by atoms with Gasteiger partial charge in [0.2, 0.25) is 0 Å². The molecule has 0 aliphatic carbocycles. The number of thiophene rings is 1. The average Bonchev–Trinajstić information content (AvgIpc) is 3.83. The molecule has 3 aromatic heterocycles. The van der Waals surface area contributed by atoms with E-state index in [0.717, 1.165) is 38.1 Å². The molecule has 0 atom stereocenters. The van der Waals surface area contributed by atoms with Crippen LogP contribution in [0.2, 0.25) is 0 Å². The van der Waals surface area contributed by atoms with Crippen LogP contribution in [0, 0.1) is 0 Å². The Kier molecular flexibility index (Phi) is 5.20. The maximum atomic E-state index is 9.36. The summed E-state index contributed by atoms with van der Waals surface area (Å²) in [6.07, 6.45) is 0. The van der Waals surface area contributed by atoms with Crippen LogP contribution in [-0.2, 0) is 0 Å². The van der Waals surface area contributed by atoms with Crippen LogP contribution >= 0.6 is 11.3 Å². The highest BCUT2D eigenvalue weighted by Crippen LogP contribution is 2.43. The molecule has 3 heterocycles. The van der Waals surface area contributed by atoms with Gasteiger partial charge in [-0.15, -0.1) is 11.3 Å². The third-order valence-electron chi connectivity index (χ3n) is 9.73. The molecule has 52 heavy (non-hydrogen) atoms. The lowest BCUT2D eigenvalue weighted by Gasteiger charge is -2.13. The quantitative estimate of drug-likeness (QED) is 0.173. The SMILES string of the molecule is [2H]c1ccc2oc3ccc(-c4cccc5c4sc4ccccc45)cc3c2c1-c1nc(-c2c([2H])c([2H])c([2H])c([2H])c2[2H])nc(-c2cc3ccccc3c3ccccc23)n1. The first-order chi connectivity index (χ1) is 28.2. The zero-order valence-electron chi connectivity index (χ0n) is 33.3. The maximum Gasteiger partial charge on any atom is 0.164 e. The number of nitrogens with zero attached hydrogens (tertiary/aromatic N) is 3. The van der Waals surface area contributed by atoms with Gasteiger partial charge in [-0.25, -0.2) is 15.0 Å². The minimum atomic E-state index is -0.515. The molecular weight excluding hydrogens is 655 g/mol. The summed E-state index contributed by atoms with van der Waals surface area (Å²) >= 11 is 1.75. The summed E-state index contributed by atoms with van der Waals surface area (Å²) in [6.45, 7) is 0. The van der Waals surface area contributed by atoms with E-state index in [2.05, 4.69) is 54.6 Å². The maximum absolute atomic E-state index is 9.36. The molecule has 0 spiro atoms. The van der Waals surface area contributed by atoms with Crippen LogP contribution in [0.15, 0.2) is 168 Å². The standard InChI is InChI=1S/C47H27N3OS/c1-2-12-28(13-3-1)45-48-46(50-47(49-45)38-26-29-14-4-5-15-31(29)33-16-6-7-17-34(33)38)37-21-11-22-41-43(37)39-27-30(24-25-40(39)51-41)32-19-10-20-36-35-18-8-9-23-42(35)52-44(32)36/h1-27H/i1D,2D,3D,12D,13D,21D. The monoisotopic (exact) mass is 687 g/mol. The number of hydrogen-bond acceptors (Lipinski definition) is 5. The molecule has 8 aromatic carbocycles. The molecule has 0 bridgehead atoms. The Morgan fingerprint density at radius 1 is 0.462 bits per heavy atom. The molecule has 0 saturated heterocycles. The normalized spacial score (nSPS) is 13.5. The Morgan fingerprint density at radius 2 is 1.19 bits per heavy atom. The number of furan rings is 1. The van der Waals surface area contributed by atoms with Crippen molar-refractivity contribution in [3.05, 3.63) is 164 Å². The highest BCUT2D eigenvalue weighted by Gasteiger charge is 2.20. The van der Waals surface area contributed by atoms with Crippen molar-refractivity contribution in [3.8, 4) is 45.3 Å². The molecule has 0 amide bonds. The van der Waals surface area contributed by atoms with Crippen LogP contribution in [-0.4, -0.2) is 15.0 Å². The fourth-order valence-corrected chi connectivity index (χ4v) is 8.64. The molecule has 5 heteroatoms. The van der Waals surface area contributed by atoms with Crippen LogP contribution in [0.4, 0.5) is 0 Å². The molecular formula is C47H27N3OS. The van der Waals surface area contributed by atoms with Gasteiger partial charge in [0, 0.05) is 47.6 Å². The fourth-order valence-electron chi connectivity index (χ4n) is 7.40. The van der Waals surface area contributed by atoms with Crippen LogP contribution in [0.25, 0.3) is 109 Å². The van der Waals surface area contributed by atoms with E-state index >= 15 is 0 Å². The second-order valence-corrected chi connectivity index (χ2v) is 13.7. The predicted molar refractivity (Wildman–Crippen MR) is 217 cm³/mol. The molecule has 0 aliphatic rings. The van der Waals surface area contributed by atoms with Crippen molar-refractivity contribution in [2.75, 3.05) is 0 Å². The van der Waals surface area contributed by atoms with Gasteiger partial charge >= 0.3 is 0 Å². The minimum Gasteiger partial charge on any atom is -0.456 e. The molecule has 0 saturated carbocycles. The van der Waals surface area contributed by atoms with E-state index < -0.39 is 30.2 Å². The number of rotatable bonds is 4. The molecule has 0 radical (unpaired) electrons. The predicted octanol–water partition coefficient (Wildman–Crippen LogP) is 13.1. The highest BCUT2D eigenvalue weighted by atomic mass is 32.1. The Balaban J connectivity index is 1.21. The molecule has 11 aromatic rings. The van der Waals surface area contributed by atoms with Crippen LogP contribution < -0.4 is 0 Å². The zero-order chi connectivity index (χ0) is 39.4. The number of hydrogen-bond donors (Lipinski definition) is 0. The molecule has 0 fully saturated rings. The summed E-state index contributed by atoms with van der Waals surface area (Å²) < 4.78 is 61.2. The number of benzene rings is 8. The van der Waals surface area contributed by atoms with Crippen LogP contribution in [0.5, 0.6) is 0 Å². The Hall–Kier alpha value is -6.69. The van der Waals surface area contributed by atoms with Crippen molar-refractivity contribution in [3.63, 3.8) is 0 Å². The molecule has 11 rings (SSSR count). The van der Waals surface area contributed by atoms with Crippen molar-refractivity contribution in [2.45, 2.75) is 0 Å². The Bertz CT molecular complexity index is 3530. The summed E-state index contributed by atoms with van der Waals surface area (Å²) in [5.41, 5.74) is 4.09. The Labute approximate surface area is 310 Å². The Morgan fingerprint density at radius 3 is 2.08 bits per heavy atom. The van der Waals surface area contributed by atoms with Crippen molar-refractivity contribution >= 4 is 75.0 Å².